The highest BCUT2D eigenvalue weighted by atomic mass is 16.6. The first-order chi connectivity index (χ1) is 8.27. The van der Waals surface area contributed by atoms with E-state index in [9.17, 15) is 9.59 Å². The third kappa shape index (κ3) is 3.03. The first-order valence-corrected chi connectivity index (χ1v) is 5.75. The SMILES string of the molecule is O=C(OC(=O)C1=CC=CCC1)C1=CC=CCC1. The van der Waals surface area contributed by atoms with Crippen LogP contribution in [0.3, 0.4) is 0 Å². The van der Waals surface area contributed by atoms with Crippen LogP contribution in [0.4, 0.5) is 0 Å². The van der Waals surface area contributed by atoms with Crippen LogP contribution in [0.1, 0.15) is 25.7 Å². The zero-order chi connectivity index (χ0) is 12.1. The smallest absolute Gasteiger partial charge is 0.341 e. The topological polar surface area (TPSA) is 43.4 Å². The van der Waals surface area contributed by atoms with E-state index in [1.807, 2.05) is 24.3 Å². The van der Waals surface area contributed by atoms with Crippen molar-refractivity contribution in [2.24, 2.45) is 0 Å². The van der Waals surface area contributed by atoms with Crippen LogP contribution >= 0.6 is 0 Å². The molecule has 0 saturated heterocycles. The standard InChI is InChI=1S/C14H14O3/c15-13(11-7-3-1-4-8-11)17-14(16)12-9-5-2-6-10-12/h1-3,5,7,9H,4,6,8,10H2. The highest BCUT2D eigenvalue weighted by molar-refractivity contribution is 6.02. The molecule has 0 N–H and O–H groups in total. The molecule has 0 fully saturated rings. The molecule has 0 aromatic heterocycles. The maximum atomic E-state index is 11.7. The summed E-state index contributed by atoms with van der Waals surface area (Å²) in [6, 6.07) is 0. The number of allylic oxidation sites excluding steroid dienone is 6. The lowest BCUT2D eigenvalue weighted by molar-refractivity contribution is -0.154. The second kappa shape index (κ2) is 5.43. The Hall–Kier alpha value is -1.90. The molecule has 0 aromatic carbocycles. The van der Waals surface area contributed by atoms with E-state index in [2.05, 4.69) is 0 Å². The highest BCUT2D eigenvalue weighted by Gasteiger charge is 2.19. The molecular formula is C14H14O3. The Balaban J connectivity index is 1.96. The van der Waals surface area contributed by atoms with E-state index in [0.29, 0.717) is 24.0 Å². The Labute approximate surface area is 100 Å². The van der Waals surface area contributed by atoms with Gasteiger partial charge in [-0.25, -0.2) is 9.59 Å². The molecule has 2 rings (SSSR count). The lowest BCUT2D eigenvalue weighted by atomic mass is 10.0. The molecule has 2 aliphatic carbocycles. The van der Waals surface area contributed by atoms with Crippen LogP contribution in [0, 0.1) is 0 Å². The van der Waals surface area contributed by atoms with Crippen LogP contribution in [0.15, 0.2) is 47.6 Å². The van der Waals surface area contributed by atoms with Crippen LogP contribution in [0.5, 0.6) is 0 Å². The molecule has 17 heavy (non-hydrogen) atoms. The van der Waals surface area contributed by atoms with Gasteiger partial charge in [-0.1, -0.05) is 36.5 Å². The van der Waals surface area contributed by atoms with Crippen LogP contribution in [-0.2, 0) is 14.3 Å². The third-order valence-electron chi connectivity index (χ3n) is 2.74. The molecule has 0 atom stereocenters. The molecule has 0 unspecified atom stereocenters. The van der Waals surface area contributed by atoms with Gasteiger partial charge in [-0.05, 0) is 25.7 Å². The summed E-state index contributed by atoms with van der Waals surface area (Å²) in [6.45, 7) is 0. The molecule has 2 aliphatic rings. The maximum absolute atomic E-state index is 11.7. The van der Waals surface area contributed by atoms with Gasteiger partial charge in [0.2, 0.25) is 0 Å². The lowest BCUT2D eigenvalue weighted by Gasteiger charge is -2.10. The number of carbonyl (C=O) groups is 2. The van der Waals surface area contributed by atoms with Crippen LogP contribution < -0.4 is 0 Å². The zero-order valence-corrected chi connectivity index (χ0v) is 9.52. The number of hydrogen-bond donors (Lipinski definition) is 0. The fourth-order valence-electron chi connectivity index (χ4n) is 1.76. The number of esters is 2. The molecule has 0 saturated carbocycles. The Morgan fingerprint density at radius 2 is 1.35 bits per heavy atom. The summed E-state index contributed by atoms with van der Waals surface area (Å²) < 4.78 is 4.85. The minimum atomic E-state index is -0.519. The van der Waals surface area contributed by atoms with E-state index < -0.39 is 11.9 Å². The summed E-state index contributed by atoms with van der Waals surface area (Å²) in [5.41, 5.74) is 1.13. The van der Waals surface area contributed by atoms with Gasteiger partial charge in [0.15, 0.2) is 0 Å². The van der Waals surface area contributed by atoms with Crippen molar-refractivity contribution in [3.8, 4) is 0 Å². The van der Waals surface area contributed by atoms with E-state index in [4.69, 9.17) is 4.74 Å². The fourth-order valence-corrected chi connectivity index (χ4v) is 1.76. The predicted octanol–water partition coefficient (Wildman–Crippen LogP) is 2.61. The molecule has 0 amide bonds. The van der Waals surface area contributed by atoms with Gasteiger partial charge in [0.25, 0.3) is 0 Å². The van der Waals surface area contributed by atoms with Gasteiger partial charge in [-0.3, -0.25) is 0 Å². The minimum absolute atomic E-state index is 0.519. The van der Waals surface area contributed by atoms with Crippen LogP contribution in [-0.4, -0.2) is 11.9 Å². The monoisotopic (exact) mass is 230 g/mol. The van der Waals surface area contributed by atoms with Crippen molar-refractivity contribution in [1.82, 2.24) is 0 Å². The van der Waals surface area contributed by atoms with E-state index in [-0.39, 0.29) is 0 Å². The molecule has 0 radical (unpaired) electrons. The highest BCUT2D eigenvalue weighted by Crippen LogP contribution is 2.17. The molecule has 3 heteroatoms. The first-order valence-electron chi connectivity index (χ1n) is 5.75. The number of hydrogen-bond acceptors (Lipinski definition) is 3. The normalized spacial score (nSPS) is 18.4. The van der Waals surface area contributed by atoms with E-state index in [1.54, 1.807) is 12.2 Å². The van der Waals surface area contributed by atoms with E-state index in [0.717, 1.165) is 12.8 Å². The average molecular weight is 230 g/mol. The summed E-state index contributed by atoms with van der Waals surface area (Å²) in [5.74, 6) is -1.04. The second-order valence-electron chi connectivity index (χ2n) is 3.99. The van der Waals surface area contributed by atoms with E-state index >= 15 is 0 Å². The van der Waals surface area contributed by atoms with Crippen molar-refractivity contribution in [3.63, 3.8) is 0 Å². The molecule has 3 nitrogen and oxygen atoms in total. The summed E-state index contributed by atoms with van der Waals surface area (Å²) in [7, 11) is 0. The van der Waals surface area contributed by atoms with Gasteiger partial charge in [-0.15, -0.1) is 0 Å². The number of rotatable bonds is 2. The van der Waals surface area contributed by atoms with E-state index in [1.165, 1.54) is 0 Å². The fraction of sp³-hybridized carbons (Fsp3) is 0.286. The van der Waals surface area contributed by atoms with Crippen molar-refractivity contribution >= 4 is 11.9 Å². The molecule has 0 aliphatic heterocycles. The van der Waals surface area contributed by atoms with Gasteiger partial charge in [0.1, 0.15) is 0 Å². The molecule has 0 bridgehead atoms. The number of ether oxygens (including phenoxy) is 1. The second-order valence-corrected chi connectivity index (χ2v) is 3.99. The van der Waals surface area contributed by atoms with Crippen molar-refractivity contribution in [2.75, 3.05) is 0 Å². The van der Waals surface area contributed by atoms with Crippen molar-refractivity contribution in [2.45, 2.75) is 25.7 Å². The summed E-state index contributed by atoms with van der Waals surface area (Å²) >= 11 is 0. The zero-order valence-electron chi connectivity index (χ0n) is 9.52. The van der Waals surface area contributed by atoms with Crippen molar-refractivity contribution in [3.05, 3.63) is 47.6 Å². The predicted molar refractivity (Wildman–Crippen MR) is 64.0 cm³/mol. The van der Waals surface area contributed by atoms with Crippen LogP contribution in [0.25, 0.3) is 0 Å². The summed E-state index contributed by atoms with van der Waals surface area (Å²) in [5, 5.41) is 0. The molecule has 0 heterocycles. The van der Waals surface area contributed by atoms with Crippen molar-refractivity contribution < 1.29 is 14.3 Å². The van der Waals surface area contributed by atoms with Gasteiger partial charge >= 0.3 is 11.9 Å². The Morgan fingerprint density at radius 3 is 1.71 bits per heavy atom. The van der Waals surface area contributed by atoms with Gasteiger partial charge in [-0.2, -0.15) is 0 Å². The van der Waals surface area contributed by atoms with Crippen LogP contribution in [0.2, 0.25) is 0 Å². The summed E-state index contributed by atoms with van der Waals surface area (Å²) in [6.07, 6.45) is 13.9. The third-order valence-corrected chi connectivity index (χ3v) is 2.74. The Bertz CT molecular complexity index is 408. The average Bonchev–Trinajstić information content (AvgIpc) is 2.40. The summed E-state index contributed by atoms with van der Waals surface area (Å²) in [4.78, 5) is 23.3. The minimum Gasteiger partial charge on any atom is -0.386 e. The first kappa shape index (κ1) is 11.6. The molecule has 0 spiro atoms. The van der Waals surface area contributed by atoms with Gasteiger partial charge in [0.05, 0.1) is 0 Å². The molecule has 0 aromatic rings. The lowest BCUT2D eigenvalue weighted by Crippen LogP contribution is -2.17. The van der Waals surface area contributed by atoms with Crippen molar-refractivity contribution in [1.29, 1.82) is 0 Å². The molecular weight excluding hydrogens is 216 g/mol. The Morgan fingerprint density at radius 1 is 0.882 bits per heavy atom. The quantitative estimate of drug-likeness (QED) is 0.541. The maximum Gasteiger partial charge on any atom is 0.341 e. The molecule has 88 valence electrons. The Kier molecular flexibility index (Phi) is 3.70. The number of carbonyl (C=O) groups excluding carboxylic acids is 2. The largest absolute Gasteiger partial charge is 0.386 e. The van der Waals surface area contributed by atoms with Gasteiger partial charge in [0, 0.05) is 11.1 Å². The van der Waals surface area contributed by atoms with Gasteiger partial charge < -0.3 is 4.74 Å².